The van der Waals surface area contributed by atoms with Crippen LogP contribution in [-0.4, -0.2) is 51.3 Å². The predicted molar refractivity (Wildman–Crippen MR) is 113 cm³/mol. The maximum absolute atomic E-state index is 12.9. The van der Waals surface area contributed by atoms with Crippen molar-refractivity contribution in [2.24, 2.45) is 0 Å². The Kier molecular flexibility index (Phi) is 7.50. The van der Waals surface area contributed by atoms with Gasteiger partial charge >= 0.3 is 6.18 Å². The van der Waals surface area contributed by atoms with Crippen LogP contribution in [0.4, 0.5) is 13.2 Å². The number of piperidine rings is 1. The second-order valence-corrected chi connectivity index (χ2v) is 7.60. The van der Waals surface area contributed by atoms with Gasteiger partial charge in [0.2, 0.25) is 5.75 Å². The topological polar surface area (TPSA) is 60.0 Å². The minimum absolute atomic E-state index is 0.0435. The van der Waals surface area contributed by atoms with Crippen LogP contribution in [-0.2, 0) is 12.7 Å². The summed E-state index contributed by atoms with van der Waals surface area (Å²) in [6.45, 7) is 1.78. The number of alkyl halides is 3. The number of ether oxygens (including phenoxy) is 3. The number of methoxy groups -OCH3 is 3. The Hall–Kier alpha value is -2.94. The zero-order valence-electron chi connectivity index (χ0n) is 18.3. The summed E-state index contributed by atoms with van der Waals surface area (Å²) in [6, 6.07) is 8.63. The summed E-state index contributed by atoms with van der Waals surface area (Å²) in [7, 11) is 4.44. The molecule has 1 aliphatic rings. The number of halogens is 3. The van der Waals surface area contributed by atoms with Crippen molar-refractivity contribution < 1.29 is 32.2 Å². The maximum Gasteiger partial charge on any atom is 0.416 e. The van der Waals surface area contributed by atoms with Crippen molar-refractivity contribution >= 4 is 5.91 Å². The van der Waals surface area contributed by atoms with Crippen LogP contribution in [0.1, 0.15) is 34.3 Å². The summed E-state index contributed by atoms with van der Waals surface area (Å²) in [5.41, 5.74) is 0.329. The van der Waals surface area contributed by atoms with Crippen molar-refractivity contribution in [3.63, 3.8) is 0 Å². The molecule has 1 amide bonds. The van der Waals surface area contributed by atoms with Crippen LogP contribution in [0.15, 0.2) is 36.4 Å². The van der Waals surface area contributed by atoms with Crippen molar-refractivity contribution in [1.29, 1.82) is 0 Å². The molecule has 2 aromatic rings. The van der Waals surface area contributed by atoms with Crippen LogP contribution < -0.4 is 19.5 Å². The Labute approximate surface area is 185 Å². The number of rotatable bonds is 7. The first-order valence-corrected chi connectivity index (χ1v) is 10.2. The van der Waals surface area contributed by atoms with E-state index in [0.29, 0.717) is 60.9 Å². The molecule has 1 heterocycles. The molecule has 0 aromatic heterocycles. The fourth-order valence-corrected chi connectivity index (χ4v) is 3.88. The fraction of sp³-hybridized carbons (Fsp3) is 0.435. The molecule has 32 heavy (non-hydrogen) atoms. The van der Waals surface area contributed by atoms with Crippen molar-refractivity contribution in [3.8, 4) is 17.2 Å². The zero-order chi connectivity index (χ0) is 23.3. The molecule has 9 heteroatoms. The molecule has 1 fully saturated rings. The molecule has 0 aliphatic carbocycles. The van der Waals surface area contributed by atoms with Crippen molar-refractivity contribution in [3.05, 3.63) is 53.1 Å². The number of nitrogens with one attached hydrogen (secondary N) is 1. The lowest BCUT2D eigenvalue weighted by molar-refractivity contribution is -0.137. The molecular formula is C23H27F3N2O4. The van der Waals surface area contributed by atoms with E-state index < -0.39 is 11.7 Å². The highest BCUT2D eigenvalue weighted by Gasteiger charge is 2.31. The van der Waals surface area contributed by atoms with E-state index in [1.165, 1.54) is 33.5 Å². The molecule has 6 nitrogen and oxygen atoms in total. The number of hydrogen-bond acceptors (Lipinski definition) is 5. The first-order chi connectivity index (χ1) is 15.3. The summed E-state index contributed by atoms with van der Waals surface area (Å²) < 4.78 is 54.7. The van der Waals surface area contributed by atoms with Gasteiger partial charge in [-0.2, -0.15) is 13.2 Å². The molecule has 0 bridgehead atoms. The summed E-state index contributed by atoms with van der Waals surface area (Å²) in [6.07, 6.45) is -2.96. The number of carbonyl (C=O) groups excluding carboxylic acids is 1. The number of amides is 1. The number of benzene rings is 2. The summed E-state index contributed by atoms with van der Waals surface area (Å²) in [5, 5.41) is 3.02. The molecule has 0 radical (unpaired) electrons. The highest BCUT2D eigenvalue weighted by Crippen LogP contribution is 2.39. The van der Waals surface area contributed by atoms with Gasteiger partial charge in [0, 0.05) is 25.7 Å². The highest BCUT2D eigenvalue weighted by atomic mass is 19.4. The minimum Gasteiger partial charge on any atom is -0.493 e. The number of carbonyl (C=O) groups is 1. The van der Waals surface area contributed by atoms with Crippen molar-refractivity contribution in [2.75, 3.05) is 34.4 Å². The molecule has 1 N–H and O–H groups in total. The van der Waals surface area contributed by atoms with Crippen molar-refractivity contribution in [1.82, 2.24) is 10.2 Å². The first-order valence-electron chi connectivity index (χ1n) is 10.2. The zero-order valence-corrected chi connectivity index (χ0v) is 18.3. The van der Waals surface area contributed by atoms with Crippen LogP contribution in [0.25, 0.3) is 0 Å². The van der Waals surface area contributed by atoms with Gasteiger partial charge in [-0.15, -0.1) is 0 Å². The third-order valence-corrected chi connectivity index (χ3v) is 5.53. The normalized spacial score (nSPS) is 15.3. The number of hydrogen-bond donors (Lipinski definition) is 1. The Morgan fingerprint density at radius 2 is 1.72 bits per heavy atom. The number of nitrogens with zero attached hydrogens (tertiary/aromatic N) is 1. The SMILES string of the molecule is COc1ccc(C(=O)NC2CCN(Cc3cccc(C(F)(F)F)c3)CC2)c(OC)c1OC. The van der Waals surface area contributed by atoms with Gasteiger partial charge in [-0.1, -0.05) is 18.2 Å². The molecule has 1 aliphatic heterocycles. The number of likely N-dealkylation sites (tertiary alicyclic amines) is 1. The van der Waals surface area contributed by atoms with Crippen LogP contribution in [0.5, 0.6) is 17.2 Å². The van der Waals surface area contributed by atoms with Gasteiger partial charge in [0.25, 0.3) is 5.91 Å². The molecule has 0 saturated carbocycles. The van der Waals surface area contributed by atoms with Crippen LogP contribution in [0, 0.1) is 0 Å². The van der Waals surface area contributed by atoms with E-state index in [-0.39, 0.29) is 11.9 Å². The Bertz CT molecular complexity index is 941. The van der Waals surface area contributed by atoms with E-state index in [1.807, 2.05) is 0 Å². The van der Waals surface area contributed by atoms with E-state index in [2.05, 4.69) is 10.2 Å². The van der Waals surface area contributed by atoms with Gasteiger partial charge in [-0.25, -0.2) is 0 Å². The van der Waals surface area contributed by atoms with Crippen LogP contribution >= 0.6 is 0 Å². The first kappa shape index (κ1) is 23.7. The van der Waals surface area contributed by atoms with E-state index in [4.69, 9.17) is 14.2 Å². The van der Waals surface area contributed by atoms with Gasteiger partial charge in [0.1, 0.15) is 0 Å². The lowest BCUT2D eigenvalue weighted by Crippen LogP contribution is -2.44. The largest absolute Gasteiger partial charge is 0.493 e. The lowest BCUT2D eigenvalue weighted by Gasteiger charge is -2.32. The van der Waals surface area contributed by atoms with Crippen molar-refractivity contribution in [2.45, 2.75) is 31.6 Å². The quantitative estimate of drug-likeness (QED) is 0.685. The average molecular weight is 452 g/mol. The van der Waals surface area contributed by atoms with Gasteiger partial charge in [0.05, 0.1) is 32.5 Å². The summed E-state index contributed by atoms with van der Waals surface area (Å²) >= 11 is 0. The van der Waals surface area contributed by atoms with Crippen LogP contribution in [0.3, 0.4) is 0 Å². The molecule has 0 spiro atoms. The molecular weight excluding hydrogens is 425 g/mol. The molecule has 1 saturated heterocycles. The molecule has 174 valence electrons. The minimum atomic E-state index is -4.35. The predicted octanol–water partition coefficient (Wildman–Crippen LogP) is 4.13. The Morgan fingerprint density at radius 3 is 2.31 bits per heavy atom. The standard InChI is InChI=1S/C23H27F3N2O4/c1-30-19-8-7-18(20(31-2)21(19)32-3)22(29)27-17-9-11-28(12-10-17)14-15-5-4-6-16(13-15)23(24,25)26/h4-8,13,17H,9-12,14H2,1-3H3,(H,27,29). The van der Waals surface area contributed by atoms with E-state index in [0.717, 1.165) is 6.07 Å². The molecule has 3 rings (SSSR count). The Morgan fingerprint density at radius 1 is 1.03 bits per heavy atom. The third kappa shape index (κ3) is 5.45. The summed E-state index contributed by atoms with van der Waals surface area (Å²) in [5.74, 6) is 0.827. The van der Waals surface area contributed by atoms with E-state index in [9.17, 15) is 18.0 Å². The van der Waals surface area contributed by atoms with Gasteiger partial charge in [-0.05, 0) is 36.6 Å². The summed E-state index contributed by atoms with van der Waals surface area (Å²) in [4.78, 5) is 14.9. The second kappa shape index (κ2) is 10.1. The monoisotopic (exact) mass is 452 g/mol. The fourth-order valence-electron chi connectivity index (χ4n) is 3.88. The van der Waals surface area contributed by atoms with E-state index >= 15 is 0 Å². The third-order valence-electron chi connectivity index (χ3n) is 5.53. The van der Waals surface area contributed by atoms with Gasteiger partial charge < -0.3 is 19.5 Å². The Balaban J connectivity index is 1.59. The second-order valence-electron chi connectivity index (χ2n) is 7.60. The van der Waals surface area contributed by atoms with Gasteiger partial charge in [-0.3, -0.25) is 9.69 Å². The van der Waals surface area contributed by atoms with Crippen LogP contribution in [0.2, 0.25) is 0 Å². The lowest BCUT2D eigenvalue weighted by atomic mass is 10.0. The highest BCUT2D eigenvalue weighted by molar-refractivity contribution is 5.98. The molecule has 0 unspecified atom stereocenters. The van der Waals surface area contributed by atoms with Gasteiger partial charge in [0.15, 0.2) is 11.5 Å². The molecule has 0 atom stereocenters. The van der Waals surface area contributed by atoms with E-state index in [1.54, 1.807) is 18.2 Å². The average Bonchev–Trinajstić information content (AvgIpc) is 2.78. The molecule has 2 aromatic carbocycles. The maximum atomic E-state index is 12.9. The smallest absolute Gasteiger partial charge is 0.416 e.